The van der Waals surface area contributed by atoms with Crippen LogP contribution in [0.3, 0.4) is 0 Å². The number of rotatable bonds is 5. The van der Waals surface area contributed by atoms with Crippen LogP contribution >= 0.6 is 0 Å². The first kappa shape index (κ1) is 15.9. The summed E-state index contributed by atoms with van der Waals surface area (Å²) in [7, 11) is 1.52. The average molecular weight is 322 g/mol. The molecule has 0 saturated carbocycles. The van der Waals surface area contributed by atoms with Crippen molar-refractivity contribution in [2.45, 2.75) is 6.42 Å². The molecule has 0 radical (unpaired) electrons. The lowest BCUT2D eigenvalue weighted by atomic mass is 10.0. The Hall–Kier alpha value is -3.01. The zero-order chi connectivity index (χ0) is 16.8. The topological polar surface area (TPSA) is 33.3 Å². The van der Waals surface area contributed by atoms with E-state index in [9.17, 15) is 4.39 Å². The van der Waals surface area contributed by atoms with Crippen LogP contribution < -0.4 is 15.6 Å². The van der Waals surface area contributed by atoms with Crippen molar-refractivity contribution < 1.29 is 9.13 Å². The van der Waals surface area contributed by atoms with Crippen molar-refractivity contribution in [3.05, 3.63) is 89.8 Å². The molecule has 1 aliphatic rings. The number of ether oxygens (including phenoxy) is 1. The van der Waals surface area contributed by atoms with Gasteiger partial charge in [-0.05, 0) is 29.7 Å². The molecule has 0 amide bonds. The van der Waals surface area contributed by atoms with E-state index in [-0.39, 0.29) is 5.82 Å². The highest BCUT2D eigenvalue weighted by Gasteiger charge is 2.10. The Balaban J connectivity index is 1.89. The molecular formula is C20H19FN2O. The molecule has 2 aromatic carbocycles. The summed E-state index contributed by atoms with van der Waals surface area (Å²) in [5.74, 6) is 0.110. The van der Waals surface area contributed by atoms with E-state index in [1.807, 2.05) is 42.5 Å². The molecule has 0 unspecified atom stereocenters. The molecule has 0 aromatic heterocycles. The second-order valence-electron chi connectivity index (χ2n) is 5.35. The summed E-state index contributed by atoms with van der Waals surface area (Å²) in [5.41, 5.74) is 10.3. The van der Waals surface area contributed by atoms with Gasteiger partial charge in [0.05, 0.1) is 18.5 Å². The van der Waals surface area contributed by atoms with Crippen LogP contribution in [0.25, 0.3) is 5.70 Å². The Morgan fingerprint density at radius 2 is 1.92 bits per heavy atom. The molecule has 122 valence electrons. The van der Waals surface area contributed by atoms with Gasteiger partial charge in [0.1, 0.15) is 11.6 Å². The summed E-state index contributed by atoms with van der Waals surface area (Å²) in [6.07, 6.45) is 9.08. The van der Waals surface area contributed by atoms with Gasteiger partial charge in [0, 0.05) is 6.07 Å². The van der Waals surface area contributed by atoms with Crippen molar-refractivity contribution in [3.8, 4) is 5.75 Å². The number of allylic oxidation sites excluding steroid dienone is 5. The lowest BCUT2D eigenvalue weighted by molar-refractivity contribution is 0.413. The number of nitrogens with one attached hydrogen (secondary N) is 2. The van der Waals surface area contributed by atoms with E-state index in [4.69, 9.17) is 4.74 Å². The largest absolute Gasteiger partial charge is 0.494 e. The minimum atomic E-state index is -0.334. The van der Waals surface area contributed by atoms with Crippen molar-refractivity contribution >= 4 is 11.4 Å². The molecule has 3 nitrogen and oxygen atoms in total. The van der Waals surface area contributed by atoms with E-state index in [1.165, 1.54) is 19.2 Å². The third kappa shape index (κ3) is 3.66. The monoisotopic (exact) mass is 322 g/mol. The minimum absolute atomic E-state index is 0.334. The van der Waals surface area contributed by atoms with E-state index >= 15 is 0 Å². The van der Waals surface area contributed by atoms with E-state index in [0.717, 1.165) is 23.3 Å². The summed E-state index contributed by atoms with van der Waals surface area (Å²) in [6, 6.07) is 14.5. The zero-order valence-corrected chi connectivity index (χ0v) is 13.4. The smallest absolute Gasteiger partial charge is 0.146 e. The highest BCUT2D eigenvalue weighted by atomic mass is 19.1. The van der Waals surface area contributed by atoms with Crippen molar-refractivity contribution in [3.63, 3.8) is 0 Å². The number of hydrogen-bond acceptors (Lipinski definition) is 3. The van der Waals surface area contributed by atoms with Gasteiger partial charge in [-0.15, -0.1) is 0 Å². The molecule has 0 aliphatic heterocycles. The van der Waals surface area contributed by atoms with Gasteiger partial charge in [-0.25, -0.2) is 4.39 Å². The molecule has 1 aliphatic carbocycles. The molecule has 2 N–H and O–H groups in total. The minimum Gasteiger partial charge on any atom is -0.494 e. The number of benzene rings is 2. The van der Waals surface area contributed by atoms with Gasteiger partial charge >= 0.3 is 0 Å². The van der Waals surface area contributed by atoms with Crippen LogP contribution in [0.5, 0.6) is 5.75 Å². The molecule has 3 rings (SSSR count). The number of anilines is 1. The molecule has 0 heterocycles. The van der Waals surface area contributed by atoms with E-state index in [2.05, 4.69) is 23.0 Å². The summed E-state index contributed by atoms with van der Waals surface area (Å²) in [6.45, 7) is 0. The Kier molecular flexibility index (Phi) is 4.96. The Morgan fingerprint density at radius 1 is 1.08 bits per heavy atom. The lowest BCUT2D eigenvalue weighted by Crippen LogP contribution is -2.22. The van der Waals surface area contributed by atoms with Crippen LogP contribution in [-0.2, 0) is 0 Å². The van der Waals surface area contributed by atoms with Gasteiger partial charge in [-0.1, -0.05) is 54.6 Å². The second-order valence-corrected chi connectivity index (χ2v) is 5.35. The van der Waals surface area contributed by atoms with Gasteiger partial charge < -0.3 is 4.74 Å². The Labute approximate surface area is 141 Å². The lowest BCUT2D eigenvalue weighted by Gasteiger charge is -2.19. The molecule has 0 bridgehead atoms. The van der Waals surface area contributed by atoms with Crippen molar-refractivity contribution in [2.75, 3.05) is 12.5 Å². The fraction of sp³-hybridized carbons (Fsp3) is 0.100. The van der Waals surface area contributed by atoms with Crippen LogP contribution in [0.15, 0.2) is 78.4 Å². The van der Waals surface area contributed by atoms with Crippen LogP contribution in [0.2, 0.25) is 0 Å². The fourth-order valence-electron chi connectivity index (χ4n) is 2.54. The molecule has 0 spiro atoms. The van der Waals surface area contributed by atoms with Crippen LogP contribution in [0.4, 0.5) is 10.1 Å². The third-order valence-corrected chi connectivity index (χ3v) is 3.75. The predicted octanol–water partition coefficient (Wildman–Crippen LogP) is 4.68. The number of hydrogen-bond donors (Lipinski definition) is 2. The highest BCUT2D eigenvalue weighted by Crippen LogP contribution is 2.26. The zero-order valence-electron chi connectivity index (χ0n) is 13.4. The van der Waals surface area contributed by atoms with Gasteiger partial charge in [-0.3, -0.25) is 10.9 Å². The number of hydrazine groups is 1. The molecule has 24 heavy (non-hydrogen) atoms. The van der Waals surface area contributed by atoms with Crippen molar-refractivity contribution in [2.24, 2.45) is 0 Å². The van der Waals surface area contributed by atoms with Crippen molar-refractivity contribution in [1.29, 1.82) is 0 Å². The highest BCUT2D eigenvalue weighted by molar-refractivity contribution is 5.72. The number of halogens is 1. The van der Waals surface area contributed by atoms with E-state index < -0.39 is 0 Å². The van der Waals surface area contributed by atoms with E-state index in [1.54, 1.807) is 6.07 Å². The summed E-state index contributed by atoms with van der Waals surface area (Å²) >= 11 is 0. The Bertz CT molecular complexity index is 795. The first-order chi connectivity index (χ1) is 11.8. The second kappa shape index (κ2) is 7.51. The maximum atomic E-state index is 13.3. The van der Waals surface area contributed by atoms with Crippen LogP contribution in [0.1, 0.15) is 12.0 Å². The third-order valence-electron chi connectivity index (χ3n) is 3.75. The first-order valence-corrected chi connectivity index (χ1v) is 7.75. The molecule has 2 aromatic rings. The molecular weight excluding hydrogens is 303 g/mol. The fourth-order valence-corrected chi connectivity index (χ4v) is 2.54. The predicted molar refractivity (Wildman–Crippen MR) is 96.0 cm³/mol. The maximum absolute atomic E-state index is 13.3. The summed E-state index contributed by atoms with van der Waals surface area (Å²) in [4.78, 5) is 0. The molecule has 4 heteroatoms. The van der Waals surface area contributed by atoms with Gasteiger partial charge in [0.2, 0.25) is 0 Å². The van der Waals surface area contributed by atoms with Gasteiger partial charge in [0.15, 0.2) is 0 Å². The maximum Gasteiger partial charge on any atom is 0.146 e. The SMILES string of the molecule is COc1cc(F)ccc1NNC(=C1C=CC=CC1)c1ccccc1. The molecule has 0 atom stereocenters. The summed E-state index contributed by atoms with van der Waals surface area (Å²) < 4.78 is 18.6. The summed E-state index contributed by atoms with van der Waals surface area (Å²) in [5, 5.41) is 0. The molecule has 0 saturated heterocycles. The van der Waals surface area contributed by atoms with E-state index in [0.29, 0.717) is 11.4 Å². The average Bonchev–Trinajstić information content (AvgIpc) is 2.64. The first-order valence-electron chi connectivity index (χ1n) is 7.75. The van der Waals surface area contributed by atoms with Crippen molar-refractivity contribution in [1.82, 2.24) is 5.43 Å². The van der Waals surface area contributed by atoms with Gasteiger partial charge in [-0.2, -0.15) is 0 Å². The van der Waals surface area contributed by atoms with Crippen LogP contribution in [-0.4, -0.2) is 7.11 Å². The van der Waals surface area contributed by atoms with Crippen LogP contribution in [0, 0.1) is 5.82 Å². The Morgan fingerprint density at radius 3 is 2.62 bits per heavy atom. The standard InChI is InChI=1S/C20H19FN2O/c1-24-19-14-17(21)12-13-18(19)22-23-20(15-8-4-2-5-9-15)16-10-6-3-7-11-16/h2-10,12-14,22-23H,11H2,1H3. The van der Waals surface area contributed by atoms with Gasteiger partial charge in [0.25, 0.3) is 0 Å². The quantitative estimate of drug-likeness (QED) is 0.784. The normalized spacial score (nSPS) is 15.1. The molecule has 0 fully saturated rings. The number of methoxy groups -OCH3 is 1.